The van der Waals surface area contributed by atoms with E-state index in [9.17, 15) is 19.3 Å². The molecule has 0 radical (unpaired) electrons. The number of nitrogens with one attached hydrogen (secondary N) is 1. The molecule has 0 aliphatic carbocycles. The van der Waals surface area contributed by atoms with Crippen LogP contribution in [0.5, 0.6) is 0 Å². The number of hydrogen-bond donors (Lipinski definition) is 1. The van der Waals surface area contributed by atoms with Crippen molar-refractivity contribution in [2.75, 3.05) is 6.61 Å². The fraction of sp³-hybridized carbons (Fsp3) is 0.222. The second kappa shape index (κ2) is 4.96. The molecule has 1 aliphatic heterocycles. The van der Waals surface area contributed by atoms with Gasteiger partial charge in [0.25, 0.3) is 5.69 Å². The first-order valence-corrected chi connectivity index (χ1v) is 4.45. The van der Waals surface area contributed by atoms with E-state index >= 15 is 0 Å². The summed E-state index contributed by atoms with van der Waals surface area (Å²) in [5.41, 5.74) is -0.169. The fourth-order valence-corrected chi connectivity index (χ4v) is 1.46. The van der Waals surface area contributed by atoms with Gasteiger partial charge in [-0.05, 0) is 6.07 Å². The molecule has 2 rings (SSSR count). The SMILES string of the molecule is Cl.O=C1N[C@H](c2cc([N+](=O)[O-])ccc2F)CO1. The number of halogens is 2. The maximum Gasteiger partial charge on any atom is 0.407 e. The minimum Gasteiger partial charge on any atom is -0.447 e. The first-order chi connectivity index (χ1) is 7.58. The molecule has 0 aromatic heterocycles. The van der Waals surface area contributed by atoms with Gasteiger partial charge in [-0.2, -0.15) is 0 Å². The standard InChI is InChI=1S/C9H7FN2O4.ClH/c10-7-2-1-5(12(14)15)3-6(7)8-4-16-9(13)11-8;/h1-3,8H,4H2,(H,11,13);1H/t8-;/m0./s1. The number of carbonyl (C=O) groups excluding carboxylic acids is 1. The Balaban J connectivity index is 0.00000144. The molecule has 1 saturated heterocycles. The molecule has 0 unspecified atom stereocenters. The van der Waals surface area contributed by atoms with E-state index < -0.39 is 22.9 Å². The van der Waals surface area contributed by atoms with Crippen LogP contribution in [0.2, 0.25) is 0 Å². The van der Waals surface area contributed by atoms with Gasteiger partial charge >= 0.3 is 6.09 Å². The molecule has 1 amide bonds. The number of rotatable bonds is 2. The second-order valence-corrected chi connectivity index (χ2v) is 3.26. The smallest absolute Gasteiger partial charge is 0.407 e. The number of benzene rings is 1. The van der Waals surface area contributed by atoms with Crippen molar-refractivity contribution in [3.05, 3.63) is 39.7 Å². The normalized spacial score (nSPS) is 17.9. The Kier molecular flexibility index (Phi) is 3.84. The van der Waals surface area contributed by atoms with Gasteiger partial charge in [0.2, 0.25) is 0 Å². The summed E-state index contributed by atoms with van der Waals surface area (Å²) in [6.07, 6.45) is -0.657. The lowest BCUT2D eigenvalue weighted by molar-refractivity contribution is -0.385. The highest BCUT2D eigenvalue weighted by Gasteiger charge is 2.27. The van der Waals surface area contributed by atoms with Gasteiger partial charge in [0, 0.05) is 17.7 Å². The molecule has 0 spiro atoms. The number of nitrogens with zero attached hydrogens (tertiary/aromatic N) is 1. The van der Waals surface area contributed by atoms with Gasteiger partial charge in [0.15, 0.2) is 0 Å². The molecular weight excluding hydrogens is 255 g/mol. The molecule has 1 aromatic rings. The van der Waals surface area contributed by atoms with Crippen LogP contribution in [0.25, 0.3) is 0 Å². The van der Waals surface area contributed by atoms with E-state index in [4.69, 9.17) is 0 Å². The number of nitro groups is 1. The van der Waals surface area contributed by atoms with Crippen molar-refractivity contribution in [3.8, 4) is 0 Å². The third kappa shape index (κ3) is 2.62. The van der Waals surface area contributed by atoms with E-state index in [2.05, 4.69) is 10.1 Å². The lowest BCUT2D eigenvalue weighted by Crippen LogP contribution is -2.19. The molecule has 1 N–H and O–H groups in total. The molecule has 8 heteroatoms. The molecule has 1 aromatic carbocycles. The highest BCUT2D eigenvalue weighted by atomic mass is 35.5. The number of amides is 1. The quantitative estimate of drug-likeness (QED) is 0.652. The van der Waals surface area contributed by atoms with Crippen LogP contribution in [0, 0.1) is 15.9 Å². The predicted molar refractivity (Wildman–Crippen MR) is 57.5 cm³/mol. The number of hydrogen-bond acceptors (Lipinski definition) is 4. The Morgan fingerprint density at radius 2 is 2.24 bits per heavy atom. The molecule has 0 saturated carbocycles. The van der Waals surface area contributed by atoms with Gasteiger partial charge in [-0.15, -0.1) is 12.4 Å². The van der Waals surface area contributed by atoms with Crippen molar-refractivity contribution in [2.24, 2.45) is 0 Å². The van der Waals surface area contributed by atoms with Crippen LogP contribution in [0.3, 0.4) is 0 Å². The van der Waals surface area contributed by atoms with Gasteiger partial charge < -0.3 is 10.1 Å². The number of alkyl carbamates (subject to hydrolysis) is 1. The van der Waals surface area contributed by atoms with Crippen molar-refractivity contribution < 1.29 is 18.8 Å². The Morgan fingerprint density at radius 1 is 1.53 bits per heavy atom. The van der Waals surface area contributed by atoms with Crippen molar-refractivity contribution in [1.29, 1.82) is 0 Å². The van der Waals surface area contributed by atoms with Gasteiger partial charge in [-0.3, -0.25) is 10.1 Å². The van der Waals surface area contributed by atoms with E-state index in [0.29, 0.717) is 0 Å². The third-order valence-corrected chi connectivity index (χ3v) is 2.24. The molecule has 1 aliphatic rings. The molecule has 1 heterocycles. The topological polar surface area (TPSA) is 81.5 Å². The van der Waals surface area contributed by atoms with Crippen LogP contribution in [0.15, 0.2) is 18.2 Å². The summed E-state index contributed by atoms with van der Waals surface area (Å²) >= 11 is 0. The largest absolute Gasteiger partial charge is 0.447 e. The first-order valence-electron chi connectivity index (χ1n) is 4.45. The number of carbonyl (C=O) groups is 1. The zero-order valence-corrected chi connectivity index (χ0v) is 9.20. The summed E-state index contributed by atoms with van der Waals surface area (Å²) in [4.78, 5) is 20.7. The van der Waals surface area contributed by atoms with Crippen LogP contribution < -0.4 is 5.32 Å². The summed E-state index contributed by atoms with van der Waals surface area (Å²) < 4.78 is 18.0. The van der Waals surface area contributed by atoms with Crippen molar-refractivity contribution >= 4 is 24.2 Å². The van der Waals surface area contributed by atoms with Gasteiger partial charge in [-0.25, -0.2) is 9.18 Å². The zero-order valence-electron chi connectivity index (χ0n) is 8.38. The molecule has 17 heavy (non-hydrogen) atoms. The van der Waals surface area contributed by atoms with Gasteiger partial charge in [0.1, 0.15) is 12.4 Å². The van der Waals surface area contributed by atoms with Gasteiger partial charge in [0.05, 0.1) is 11.0 Å². The average molecular weight is 263 g/mol. The maximum atomic E-state index is 13.4. The van der Waals surface area contributed by atoms with Crippen LogP contribution in [-0.2, 0) is 4.74 Å². The summed E-state index contributed by atoms with van der Waals surface area (Å²) in [6, 6.07) is 2.48. The molecular formula is C9H8ClFN2O4. The molecule has 1 atom stereocenters. The van der Waals surface area contributed by atoms with E-state index in [-0.39, 0.29) is 30.3 Å². The van der Waals surface area contributed by atoms with Crippen molar-refractivity contribution in [3.63, 3.8) is 0 Å². The number of ether oxygens (including phenoxy) is 1. The molecule has 92 valence electrons. The summed E-state index contributed by atoms with van der Waals surface area (Å²) in [7, 11) is 0. The molecule has 1 fully saturated rings. The summed E-state index contributed by atoms with van der Waals surface area (Å²) in [6.45, 7) is -0.0308. The van der Waals surface area contributed by atoms with Crippen LogP contribution in [-0.4, -0.2) is 17.6 Å². The van der Waals surface area contributed by atoms with Crippen molar-refractivity contribution in [2.45, 2.75) is 6.04 Å². The van der Waals surface area contributed by atoms with E-state index in [1.165, 1.54) is 0 Å². The van der Waals surface area contributed by atoms with E-state index in [1.54, 1.807) is 0 Å². The number of non-ortho nitro benzene ring substituents is 1. The first kappa shape index (κ1) is 13.2. The van der Waals surface area contributed by atoms with Crippen LogP contribution >= 0.6 is 12.4 Å². The number of cyclic esters (lactones) is 1. The highest BCUT2D eigenvalue weighted by Crippen LogP contribution is 2.25. The Labute approximate surface area is 101 Å². The minimum absolute atomic E-state index is 0. The van der Waals surface area contributed by atoms with E-state index in [1.807, 2.05) is 0 Å². The Morgan fingerprint density at radius 3 is 2.76 bits per heavy atom. The monoisotopic (exact) mass is 262 g/mol. The number of nitro benzene ring substituents is 1. The Bertz CT molecular complexity index is 468. The lowest BCUT2D eigenvalue weighted by Gasteiger charge is -2.08. The Hall–Kier alpha value is -1.89. The van der Waals surface area contributed by atoms with E-state index in [0.717, 1.165) is 18.2 Å². The minimum atomic E-state index is -0.674. The predicted octanol–water partition coefficient (Wildman–Crippen LogP) is 1.94. The third-order valence-electron chi connectivity index (χ3n) is 2.24. The van der Waals surface area contributed by atoms with Gasteiger partial charge in [-0.1, -0.05) is 0 Å². The second-order valence-electron chi connectivity index (χ2n) is 3.26. The lowest BCUT2D eigenvalue weighted by atomic mass is 10.1. The fourth-order valence-electron chi connectivity index (χ4n) is 1.46. The van der Waals surface area contributed by atoms with Crippen molar-refractivity contribution in [1.82, 2.24) is 5.32 Å². The van der Waals surface area contributed by atoms with Crippen LogP contribution in [0.1, 0.15) is 11.6 Å². The highest BCUT2D eigenvalue weighted by molar-refractivity contribution is 5.85. The van der Waals surface area contributed by atoms with Crippen LogP contribution in [0.4, 0.5) is 14.9 Å². The summed E-state index contributed by atoms with van der Waals surface area (Å²) in [5.74, 6) is -0.610. The average Bonchev–Trinajstić information content (AvgIpc) is 2.65. The molecule has 0 bridgehead atoms. The maximum absolute atomic E-state index is 13.4. The zero-order chi connectivity index (χ0) is 11.7. The summed E-state index contributed by atoms with van der Waals surface area (Å²) in [5, 5.41) is 12.9. The molecule has 6 nitrogen and oxygen atoms in total.